The van der Waals surface area contributed by atoms with E-state index in [1.807, 2.05) is 39.0 Å². The van der Waals surface area contributed by atoms with Gasteiger partial charge < -0.3 is 4.74 Å². The topological polar surface area (TPSA) is 44.1 Å². The zero-order valence-corrected chi connectivity index (χ0v) is 14.4. The lowest BCUT2D eigenvalue weighted by atomic mass is 10.1. The molecule has 120 valence electrons. The molecule has 4 nitrogen and oxygen atoms in total. The summed E-state index contributed by atoms with van der Waals surface area (Å²) >= 11 is 1.57. The summed E-state index contributed by atoms with van der Waals surface area (Å²) in [7, 11) is 0. The van der Waals surface area contributed by atoms with E-state index in [0.29, 0.717) is 13.2 Å². The van der Waals surface area contributed by atoms with E-state index in [9.17, 15) is 4.79 Å². The second-order valence-corrected chi connectivity index (χ2v) is 6.76. The summed E-state index contributed by atoms with van der Waals surface area (Å²) in [4.78, 5) is 19.1. The lowest BCUT2D eigenvalue weighted by Gasteiger charge is -2.09. The van der Waals surface area contributed by atoms with Crippen molar-refractivity contribution in [1.29, 1.82) is 0 Å². The van der Waals surface area contributed by atoms with Gasteiger partial charge in [0.1, 0.15) is 4.83 Å². The highest BCUT2D eigenvalue weighted by molar-refractivity contribution is 7.22. The number of thiophene rings is 1. The molecule has 2 heterocycles. The van der Waals surface area contributed by atoms with Crippen LogP contribution < -0.4 is 5.56 Å². The predicted molar refractivity (Wildman–Crippen MR) is 95.1 cm³/mol. The van der Waals surface area contributed by atoms with Gasteiger partial charge in [-0.3, -0.25) is 9.36 Å². The molecule has 0 unspecified atom stereocenters. The van der Waals surface area contributed by atoms with Crippen LogP contribution in [0.25, 0.3) is 20.7 Å². The van der Waals surface area contributed by atoms with Crippen LogP contribution in [0.2, 0.25) is 0 Å². The van der Waals surface area contributed by atoms with E-state index in [0.717, 1.165) is 26.2 Å². The molecule has 0 saturated heterocycles. The van der Waals surface area contributed by atoms with Gasteiger partial charge in [-0.25, -0.2) is 4.98 Å². The van der Waals surface area contributed by atoms with Gasteiger partial charge in [-0.15, -0.1) is 11.3 Å². The van der Waals surface area contributed by atoms with Gasteiger partial charge in [0.15, 0.2) is 0 Å². The van der Waals surface area contributed by atoms with Crippen LogP contribution in [0.4, 0.5) is 0 Å². The molecule has 2 aromatic heterocycles. The molecule has 0 spiro atoms. The van der Waals surface area contributed by atoms with E-state index >= 15 is 0 Å². The van der Waals surface area contributed by atoms with E-state index in [1.165, 1.54) is 0 Å². The Bertz CT molecular complexity index is 866. The maximum Gasteiger partial charge on any atom is 0.262 e. The van der Waals surface area contributed by atoms with Gasteiger partial charge in [0.05, 0.1) is 31.0 Å². The molecular formula is C18H20N2O2S. The Morgan fingerprint density at radius 2 is 2.00 bits per heavy atom. The zero-order valence-electron chi connectivity index (χ0n) is 13.6. The Hall–Kier alpha value is -1.98. The van der Waals surface area contributed by atoms with Crippen LogP contribution in [0, 0.1) is 6.92 Å². The monoisotopic (exact) mass is 328 g/mol. The summed E-state index contributed by atoms with van der Waals surface area (Å²) in [6.45, 7) is 7.01. The van der Waals surface area contributed by atoms with Crippen LogP contribution >= 0.6 is 11.3 Å². The maximum absolute atomic E-state index is 12.7. The van der Waals surface area contributed by atoms with E-state index in [2.05, 4.69) is 17.1 Å². The normalized spacial score (nSPS) is 11.5. The SMILES string of the molecule is Cc1c(-c2ccccc2)sc2ncn(CCOC(C)C)c(=O)c12. The number of hydrogen-bond acceptors (Lipinski definition) is 4. The van der Waals surface area contributed by atoms with Crippen molar-refractivity contribution in [3.8, 4) is 10.4 Å². The Kier molecular flexibility index (Phi) is 4.59. The number of fused-ring (bicyclic) bond motifs is 1. The molecule has 0 fully saturated rings. The lowest BCUT2D eigenvalue weighted by molar-refractivity contribution is 0.0722. The van der Waals surface area contributed by atoms with Gasteiger partial charge in [-0.1, -0.05) is 30.3 Å². The van der Waals surface area contributed by atoms with Crippen LogP contribution in [0.3, 0.4) is 0 Å². The summed E-state index contributed by atoms with van der Waals surface area (Å²) < 4.78 is 7.17. The number of nitrogens with zero attached hydrogens (tertiary/aromatic N) is 2. The van der Waals surface area contributed by atoms with E-state index < -0.39 is 0 Å². The number of aromatic nitrogens is 2. The number of ether oxygens (including phenoxy) is 1. The number of rotatable bonds is 5. The fraction of sp³-hybridized carbons (Fsp3) is 0.333. The Labute approximate surface area is 139 Å². The molecule has 0 atom stereocenters. The summed E-state index contributed by atoms with van der Waals surface area (Å²) in [5.74, 6) is 0. The quantitative estimate of drug-likeness (QED) is 0.714. The van der Waals surface area contributed by atoms with Crippen molar-refractivity contribution < 1.29 is 4.74 Å². The summed E-state index contributed by atoms with van der Waals surface area (Å²) in [5.41, 5.74) is 2.15. The van der Waals surface area contributed by atoms with Crippen molar-refractivity contribution in [3.05, 3.63) is 52.6 Å². The molecule has 5 heteroatoms. The molecular weight excluding hydrogens is 308 g/mol. The first-order chi connectivity index (χ1) is 11.1. The average molecular weight is 328 g/mol. The van der Waals surface area contributed by atoms with Crippen LogP contribution in [-0.4, -0.2) is 22.3 Å². The van der Waals surface area contributed by atoms with Gasteiger partial charge in [-0.2, -0.15) is 0 Å². The fourth-order valence-corrected chi connectivity index (χ4v) is 3.71. The van der Waals surface area contributed by atoms with Crippen molar-refractivity contribution in [2.24, 2.45) is 0 Å². The third-order valence-corrected chi connectivity index (χ3v) is 4.99. The van der Waals surface area contributed by atoms with Gasteiger partial charge >= 0.3 is 0 Å². The van der Waals surface area contributed by atoms with Crippen molar-refractivity contribution in [1.82, 2.24) is 9.55 Å². The van der Waals surface area contributed by atoms with Crippen molar-refractivity contribution >= 4 is 21.6 Å². The van der Waals surface area contributed by atoms with Gasteiger partial charge in [0, 0.05) is 4.88 Å². The average Bonchev–Trinajstić information content (AvgIpc) is 2.88. The van der Waals surface area contributed by atoms with E-state index in [-0.39, 0.29) is 11.7 Å². The molecule has 23 heavy (non-hydrogen) atoms. The molecule has 0 aliphatic rings. The maximum atomic E-state index is 12.7. The minimum Gasteiger partial charge on any atom is -0.377 e. The molecule has 3 rings (SSSR count). The fourth-order valence-electron chi connectivity index (χ4n) is 2.57. The van der Waals surface area contributed by atoms with Crippen molar-refractivity contribution in [3.63, 3.8) is 0 Å². The van der Waals surface area contributed by atoms with Crippen LogP contribution in [0.1, 0.15) is 19.4 Å². The minimum absolute atomic E-state index is 0.0123. The Morgan fingerprint density at radius 1 is 1.26 bits per heavy atom. The van der Waals surface area contributed by atoms with Gasteiger partial charge in [0.25, 0.3) is 5.56 Å². The van der Waals surface area contributed by atoms with Crippen molar-refractivity contribution in [2.45, 2.75) is 33.4 Å². The Morgan fingerprint density at radius 3 is 2.70 bits per heavy atom. The standard InChI is InChI=1S/C18H20N2O2S/c1-12(2)22-10-9-20-11-19-17-15(18(20)21)13(3)16(23-17)14-7-5-4-6-8-14/h4-8,11-12H,9-10H2,1-3H3. The predicted octanol–water partition coefficient (Wildman–Crippen LogP) is 3.86. The van der Waals surface area contributed by atoms with Crippen molar-refractivity contribution in [2.75, 3.05) is 6.61 Å². The highest BCUT2D eigenvalue weighted by Gasteiger charge is 2.15. The molecule has 0 bridgehead atoms. The first kappa shape index (κ1) is 15.9. The van der Waals surface area contributed by atoms with E-state index in [4.69, 9.17) is 4.74 Å². The smallest absolute Gasteiger partial charge is 0.262 e. The molecule has 0 amide bonds. The molecule has 0 radical (unpaired) electrons. The third kappa shape index (κ3) is 3.21. The molecule has 0 aliphatic heterocycles. The largest absolute Gasteiger partial charge is 0.377 e. The number of hydrogen-bond donors (Lipinski definition) is 0. The summed E-state index contributed by atoms with van der Waals surface area (Å²) in [5, 5.41) is 0.723. The van der Waals surface area contributed by atoms with Gasteiger partial charge in [-0.05, 0) is 31.9 Å². The highest BCUT2D eigenvalue weighted by atomic mass is 32.1. The highest BCUT2D eigenvalue weighted by Crippen LogP contribution is 2.35. The van der Waals surface area contributed by atoms with E-state index in [1.54, 1.807) is 22.2 Å². The first-order valence-corrected chi connectivity index (χ1v) is 8.55. The molecule has 3 aromatic rings. The third-order valence-electron chi connectivity index (χ3n) is 3.74. The number of aryl methyl sites for hydroxylation is 1. The van der Waals surface area contributed by atoms with Crippen LogP contribution in [-0.2, 0) is 11.3 Å². The second kappa shape index (κ2) is 6.64. The molecule has 0 N–H and O–H groups in total. The summed E-state index contributed by atoms with van der Waals surface area (Å²) in [6, 6.07) is 10.1. The summed E-state index contributed by atoms with van der Waals surface area (Å²) in [6.07, 6.45) is 1.79. The second-order valence-electron chi connectivity index (χ2n) is 5.77. The molecule has 1 aromatic carbocycles. The lowest BCUT2D eigenvalue weighted by Crippen LogP contribution is -2.23. The van der Waals surface area contributed by atoms with Crippen LogP contribution in [0.5, 0.6) is 0 Å². The van der Waals surface area contributed by atoms with Crippen LogP contribution in [0.15, 0.2) is 41.5 Å². The van der Waals surface area contributed by atoms with Gasteiger partial charge in [0.2, 0.25) is 0 Å². The molecule has 0 saturated carbocycles. The Balaban J connectivity index is 2.01. The zero-order chi connectivity index (χ0) is 16.4. The minimum atomic E-state index is 0.0123. The first-order valence-electron chi connectivity index (χ1n) is 7.73. The molecule has 0 aliphatic carbocycles. The number of benzene rings is 1.